The first-order chi connectivity index (χ1) is 7.54. The Hall–Kier alpha value is -0.610. The number of nitrogens with zero attached hydrogens (tertiary/aromatic N) is 1. The molecule has 0 unspecified atom stereocenters. The highest BCUT2D eigenvalue weighted by Crippen LogP contribution is 2.27. The maximum Gasteiger partial charge on any atom is 0.240 e. The van der Waals surface area contributed by atoms with Gasteiger partial charge >= 0.3 is 0 Å². The van der Waals surface area contributed by atoms with Crippen LogP contribution in [0.15, 0.2) is 0 Å². The Labute approximate surface area is 98.6 Å². The number of carbonyl (C=O) groups is 1. The number of amides is 1. The fourth-order valence-electron chi connectivity index (χ4n) is 2.16. The number of rotatable bonds is 6. The lowest BCUT2D eigenvalue weighted by molar-refractivity contribution is -0.126. The number of hydrogen-bond donors (Lipinski definition) is 2. The monoisotopic (exact) mass is 227 g/mol. The van der Waals surface area contributed by atoms with Gasteiger partial charge in [0.1, 0.15) is 0 Å². The minimum atomic E-state index is -0.568. The average molecular weight is 227 g/mol. The molecule has 4 heteroatoms. The Morgan fingerprint density at radius 1 is 1.31 bits per heavy atom. The minimum Gasteiger partial charge on any atom is -0.355 e. The summed E-state index contributed by atoms with van der Waals surface area (Å²) < 4.78 is 0. The fraction of sp³-hybridized carbons (Fsp3) is 0.917. The van der Waals surface area contributed by atoms with Crippen molar-refractivity contribution in [2.24, 2.45) is 5.73 Å². The second-order valence-electron chi connectivity index (χ2n) is 5.13. The SMILES string of the molecule is CN(C)CCCCNC(=O)C1(N)CCCC1. The van der Waals surface area contributed by atoms with Gasteiger partial charge in [-0.15, -0.1) is 0 Å². The van der Waals surface area contributed by atoms with E-state index in [0.29, 0.717) is 0 Å². The van der Waals surface area contributed by atoms with E-state index in [9.17, 15) is 4.79 Å². The molecule has 0 aromatic carbocycles. The minimum absolute atomic E-state index is 0.0508. The van der Waals surface area contributed by atoms with E-state index in [-0.39, 0.29) is 5.91 Å². The molecule has 4 nitrogen and oxygen atoms in total. The maximum absolute atomic E-state index is 11.8. The molecule has 1 fully saturated rings. The molecule has 3 N–H and O–H groups in total. The first-order valence-corrected chi connectivity index (χ1v) is 6.26. The van der Waals surface area contributed by atoms with Crippen molar-refractivity contribution in [2.45, 2.75) is 44.1 Å². The largest absolute Gasteiger partial charge is 0.355 e. The van der Waals surface area contributed by atoms with Crippen molar-refractivity contribution in [1.29, 1.82) is 0 Å². The van der Waals surface area contributed by atoms with Gasteiger partial charge in [0.05, 0.1) is 5.54 Å². The van der Waals surface area contributed by atoms with Gasteiger partial charge in [0, 0.05) is 6.54 Å². The van der Waals surface area contributed by atoms with Crippen LogP contribution in [0, 0.1) is 0 Å². The summed E-state index contributed by atoms with van der Waals surface area (Å²) in [4.78, 5) is 14.0. The molecule has 16 heavy (non-hydrogen) atoms. The third kappa shape index (κ3) is 4.10. The van der Waals surface area contributed by atoms with Gasteiger partial charge in [0.2, 0.25) is 5.91 Å². The van der Waals surface area contributed by atoms with E-state index in [0.717, 1.165) is 51.6 Å². The molecule has 0 atom stereocenters. The van der Waals surface area contributed by atoms with Crippen molar-refractivity contribution in [3.05, 3.63) is 0 Å². The molecule has 0 spiro atoms. The van der Waals surface area contributed by atoms with Gasteiger partial charge < -0.3 is 16.0 Å². The van der Waals surface area contributed by atoms with Gasteiger partial charge in [-0.1, -0.05) is 12.8 Å². The Kier molecular flexibility index (Phi) is 5.22. The molecule has 0 saturated heterocycles. The third-order valence-electron chi connectivity index (χ3n) is 3.27. The molecular weight excluding hydrogens is 202 g/mol. The van der Waals surface area contributed by atoms with Crippen LogP contribution in [0.4, 0.5) is 0 Å². The average Bonchev–Trinajstić information content (AvgIpc) is 2.65. The summed E-state index contributed by atoms with van der Waals surface area (Å²) in [5.41, 5.74) is 5.48. The Morgan fingerprint density at radius 2 is 1.94 bits per heavy atom. The predicted molar refractivity (Wildman–Crippen MR) is 66.2 cm³/mol. The zero-order chi connectivity index (χ0) is 12.0. The van der Waals surface area contributed by atoms with Crippen molar-refractivity contribution in [2.75, 3.05) is 27.2 Å². The lowest BCUT2D eigenvalue weighted by atomic mass is 9.98. The normalized spacial score (nSPS) is 19.0. The first-order valence-electron chi connectivity index (χ1n) is 6.26. The van der Waals surface area contributed by atoms with Crippen LogP contribution in [0.1, 0.15) is 38.5 Å². The molecule has 1 aliphatic rings. The summed E-state index contributed by atoms with van der Waals surface area (Å²) in [5.74, 6) is 0.0508. The first kappa shape index (κ1) is 13.5. The highest BCUT2D eigenvalue weighted by molar-refractivity contribution is 5.86. The summed E-state index contributed by atoms with van der Waals surface area (Å²) in [7, 11) is 4.12. The van der Waals surface area contributed by atoms with E-state index in [2.05, 4.69) is 24.3 Å². The number of hydrogen-bond acceptors (Lipinski definition) is 3. The van der Waals surface area contributed by atoms with Crippen molar-refractivity contribution in [3.63, 3.8) is 0 Å². The number of carbonyl (C=O) groups excluding carboxylic acids is 1. The van der Waals surface area contributed by atoms with Crippen molar-refractivity contribution in [1.82, 2.24) is 10.2 Å². The fourth-order valence-corrected chi connectivity index (χ4v) is 2.16. The maximum atomic E-state index is 11.8. The van der Waals surface area contributed by atoms with Gasteiger partial charge in [-0.25, -0.2) is 0 Å². The molecule has 94 valence electrons. The summed E-state index contributed by atoms with van der Waals surface area (Å²) in [6, 6.07) is 0. The number of nitrogens with one attached hydrogen (secondary N) is 1. The molecule has 0 aromatic heterocycles. The van der Waals surface area contributed by atoms with E-state index in [1.54, 1.807) is 0 Å². The van der Waals surface area contributed by atoms with Gasteiger partial charge in [-0.05, 0) is 46.3 Å². The van der Waals surface area contributed by atoms with E-state index < -0.39 is 5.54 Å². The highest BCUT2D eigenvalue weighted by atomic mass is 16.2. The van der Waals surface area contributed by atoms with E-state index in [4.69, 9.17) is 5.73 Å². The Balaban J connectivity index is 2.10. The van der Waals surface area contributed by atoms with Gasteiger partial charge in [-0.2, -0.15) is 0 Å². The van der Waals surface area contributed by atoms with Gasteiger partial charge in [0.15, 0.2) is 0 Å². The Morgan fingerprint density at radius 3 is 2.50 bits per heavy atom. The molecule has 0 aromatic rings. The molecule has 0 heterocycles. The van der Waals surface area contributed by atoms with Crippen LogP contribution in [0.5, 0.6) is 0 Å². The molecule has 1 amide bonds. The molecular formula is C12H25N3O. The van der Waals surface area contributed by atoms with Crippen LogP contribution < -0.4 is 11.1 Å². The van der Waals surface area contributed by atoms with Crippen LogP contribution in [0.2, 0.25) is 0 Å². The van der Waals surface area contributed by atoms with Crippen molar-refractivity contribution < 1.29 is 4.79 Å². The summed E-state index contributed by atoms with van der Waals surface area (Å²) in [5, 5.41) is 2.96. The Bertz CT molecular complexity index is 222. The van der Waals surface area contributed by atoms with Crippen molar-refractivity contribution >= 4 is 5.91 Å². The van der Waals surface area contributed by atoms with Gasteiger partial charge in [0.25, 0.3) is 0 Å². The second-order valence-corrected chi connectivity index (χ2v) is 5.13. The third-order valence-corrected chi connectivity index (χ3v) is 3.27. The quantitative estimate of drug-likeness (QED) is 0.657. The molecule has 0 bridgehead atoms. The van der Waals surface area contributed by atoms with Crippen LogP contribution in [-0.2, 0) is 4.79 Å². The predicted octanol–water partition coefficient (Wildman–Crippen LogP) is 0.716. The number of nitrogens with two attached hydrogens (primary N) is 1. The molecule has 1 saturated carbocycles. The van der Waals surface area contributed by atoms with Crippen LogP contribution in [0.3, 0.4) is 0 Å². The lowest BCUT2D eigenvalue weighted by Crippen LogP contribution is -2.52. The smallest absolute Gasteiger partial charge is 0.240 e. The van der Waals surface area contributed by atoms with Crippen molar-refractivity contribution in [3.8, 4) is 0 Å². The lowest BCUT2D eigenvalue weighted by Gasteiger charge is -2.22. The van der Waals surface area contributed by atoms with E-state index >= 15 is 0 Å². The van der Waals surface area contributed by atoms with Crippen LogP contribution in [-0.4, -0.2) is 43.5 Å². The highest BCUT2D eigenvalue weighted by Gasteiger charge is 2.36. The zero-order valence-electron chi connectivity index (χ0n) is 10.6. The van der Waals surface area contributed by atoms with E-state index in [1.807, 2.05) is 0 Å². The molecule has 0 radical (unpaired) electrons. The van der Waals surface area contributed by atoms with Crippen LogP contribution >= 0.6 is 0 Å². The second kappa shape index (κ2) is 6.21. The summed E-state index contributed by atoms with van der Waals surface area (Å²) in [6.45, 7) is 1.83. The summed E-state index contributed by atoms with van der Waals surface area (Å²) >= 11 is 0. The van der Waals surface area contributed by atoms with Crippen LogP contribution in [0.25, 0.3) is 0 Å². The molecule has 0 aliphatic heterocycles. The zero-order valence-corrected chi connectivity index (χ0v) is 10.6. The molecule has 1 rings (SSSR count). The van der Waals surface area contributed by atoms with Gasteiger partial charge in [-0.3, -0.25) is 4.79 Å². The summed E-state index contributed by atoms with van der Waals surface area (Å²) in [6.07, 6.45) is 6.01. The number of unbranched alkanes of at least 4 members (excludes halogenated alkanes) is 1. The topological polar surface area (TPSA) is 58.4 Å². The standard InChI is InChI=1S/C12H25N3O/c1-15(2)10-6-5-9-14-11(16)12(13)7-3-4-8-12/h3-10,13H2,1-2H3,(H,14,16). The van der Waals surface area contributed by atoms with E-state index in [1.165, 1.54) is 0 Å². The molecule has 1 aliphatic carbocycles.